The maximum Gasteiger partial charge on any atom is 0.191 e. The summed E-state index contributed by atoms with van der Waals surface area (Å²) in [6.07, 6.45) is 0.934. The lowest BCUT2D eigenvalue weighted by atomic mass is 10.2. The Hall–Kier alpha value is -1.23. The van der Waals surface area contributed by atoms with E-state index in [9.17, 15) is 0 Å². The Morgan fingerprint density at radius 2 is 1.70 bits per heavy atom. The van der Waals surface area contributed by atoms with E-state index in [1.54, 1.807) is 11.3 Å². The van der Waals surface area contributed by atoms with Gasteiger partial charge in [0, 0.05) is 70.7 Å². The fraction of sp³-hybridized carbons (Fsp3) is 0.545. The van der Waals surface area contributed by atoms with Crippen LogP contribution in [0.25, 0.3) is 0 Å². The van der Waals surface area contributed by atoms with Crippen molar-refractivity contribution >= 4 is 41.3 Å². The first kappa shape index (κ1) is 25.0. The van der Waals surface area contributed by atoms with E-state index in [2.05, 4.69) is 74.6 Å². The van der Waals surface area contributed by atoms with Crippen molar-refractivity contribution in [2.75, 3.05) is 52.9 Å². The molecule has 1 fully saturated rings. The number of rotatable bonds is 8. The Kier molecular flexibility index (Phi) is 11.0. The summed E-state index contributed by atoms with van der Waals surface area (Å²) in [6, 6.07) is 10.8. The van der Waals surface area contributed by atoms with Gasteiger partial charge in [-0.2, -0.15) is 0 Å². The van der Waals surface area contributed by atoms with Gasteiger partial charge < -0.3 is 10.6 Å². The molecule has 6 nitrogen and oxygen atoms in total. The number of nitrogens with one attached hydrogen (secondary N) is 2. The van der Waals surface area contributed by atoms with E-state index in [-0.39, 0.29) is 24.0 Å². The number of aromatic nitrogens is 1. The highest BCUT2D eigenvalue weighted by Crippen LogP contribution is 2.16. The minimum Gasteiger partial charge on any atom is -0.356 e. The summed E-state index contributed by atoms with van der Waals surface area (Å²) in [5, 5.41) is 8.03. The van der Waals surface area contributed by atoms with Gasteiger partial charge in [0.05, 0.1) is 10.7 Å². The second-order valence-corrected chi connectivity index (χ2v) is 8.82. The van der Waals surface area contributed by atoms with Crippen LogP contribution in [0.15, 0.2) is 35.3 Å². The topological polar surface area (TPSA) is 55.8 Å². The molecule has 0 aliphatic carbocycles. The summed E-state index contributed by atoms with van der Waals surface area (Å²) in [4.78, 5) is 15.3. The molecule has 3 rings (SSSR count). The molecule has 8 heteroatoms. The molecule has 1 aliphatic heterocycles. The highest BCUT2D eigenvalue weighted by atomic mass is 127. The maximum atomic E-state index is 4.60. The third-order valence-corrected chi connectivity index (χ3v) is 6.49. The highest BCUT2D eigenvalue weighted by Gasteiger charge is 2.16. The molecular formula is C22H35IN6S. The molecule has 0 unspecified atom stereocenters. The van der Waals surface area contributed by atoms with Gasteiger partial charge in [-0.25, -0.2) is 4.98 Å². The van der Waals surface area contributed by atoms with Crippen molar-refractivity contribution in [3.8, 4) is 0 Å². The molecule has 0 atom stereocenters. The van der Waals surface area contributed by atoms with Crippen LogP contribution in [0.1, 0.15) is 21.1 Å². The second-order valence-electron chi connectivity index (χ2n) is 7.53. The third-order valence-electron chi connectivity index (χ3n) is 5.36. The first-order valence-electron chi connectivity index (χ1n) is 10.5. The summed E-state index contributed by atoms with van der Waals surface area (Å²) in [5.74, 6) is 0.873. The van der Waals surface area contributed by atoms with Crippen LogP contribution in [-0.2, 0) is 13.0 Å². The smallest absolute Gasteiger partial charge is 0.191 e. The lowest BCUT2D eigenvalue weighted by molar-refractivity contribution is 0.129. The molecule has 2 N–H and O–H groups in total. The Labute approximate surface area is 202 Å². The van der Waals surface area contributed by atoms with Gasteiger partial charge in [0.15, 0.2) is 5.96 Å². The first-order valence-corrected chi connectivity index (χ1v) is 11.3. The molecule has 1 aliphatic rings. The average molecular weight is 543 g/mol. The monoisotopic (exact) mass is 542 g/mol. The lowest BCUT2D eigenvalue weighted by Crippen LogP contribution is -2.49. The molecular weight excluding hydrogens is 507 g/mol. The van der Waals surface area contributed by atoms with E-state index in [1.165, 1.54) is 15.4 Å². The van der Waals surface area contributed by atoms with E-state index < -0.39 is 0 Å². The molecule has 0 saturated carbocycles. The molecule has 1 aromatic carbocycles. The van der Waals surface area contributed by atoms with E-state index in [1.807, 2.05) is 7.05 Å². The summed E-state index contributed by atoms with van der Waals surface area (Å²) < 4.78 is 0. The Morgan fingerprint density at radius 3 is 2.33 bits per heavy atom. The van der Waals surface area contributed by atoms with Crippen molar-refractivity contribution < 1.29 is 0 Å². The van der Waals surface area contributed by atoms with Crippen LogP contribution in [-0.4, -0.2) is 73.6 Å². The zero-order valence-electron chi connectivity index (χ0n) is 18.4. The second kappa shape index (κ2) is 13.2. The number of thiazole rings is 1. The Morgan fingerprint density at radius 1 is 1.03 bits per heavy atom. The molecule has 2 heterocycles. The van der Waals surface area contributed by atoms with Crippen LogP contribution in [0.2, 0.25) is 0 Å². The van der Waals surface area contributed by atoms with Gasteiger partial charge in [0.25, 0.3) is 0 Å². The van der Waals surface area contributed by atoms with Crippen molar-refractivity contribution in [1.29, 1.82) is 0 Å². The van der Waals surface area contributed by atoms with Crippen LogP contribution >= 0.6 is 35.3 Å². The number of nitrogens with zero attached hydrogens (tertiary/aromatic N) is 4. The number of guanidine groups is 1. The molecule has 0 radical (unpaired) electrons. The van der Waals surface area contributed by atoms with Crippen molar-refractivity contribution in [2.45, 2.75) is 26.8 Å². The van der Waals surface area contributed by atoms with Gasteiger partial charge >= 0.3 is 0 Å². The van der Waals surface area contributed by atoms with Gasteiger partial charge in [-0.15, -0.1) is 35.3 Å². The quantitative estimate of drug-likeness (QED) is 0.305. The summed E-state index contributed by atoms with van der Waals surface area (Å²) >= 11 is 1.79. The summed E-state index contributed by atoms with van der Waals surface area (Å²) in [7, 11) is 1.83. The molecule has 1 saturated heterocycles. The number of aliphatic imine (C=N–C) groups is 1. The predicted molar refractivity (Wildman–Crippen MR) is 138 cm³/mol. The van der Waals surface area contributed by atoms with Gasteiger partial charge in [0.2, 0.25) is 0 Å². The Balaban J connectivity index is 0.00000320. The molecule has 0 bridgehead atoms. The van der Waals surface area contributed by atoms with Crippen LogP contribution in [0.5, 0.6) is 0 Å². The van der Waals surface area contributed by atoms with Gasteiger partial charge in [-0.05, 0) is 19.4 Å². The van der Waals surface area contributed by atoms with Crippen LogP contribution in [0, 0.1) is 13.8 Å². The lowest BCUT2D eigenvalue weighted by Gasteiger charge is -2.34. The number of benzene rings is 1. The third kappa shape index (κ3) is 8.13. The van der Waals surface area contributed by atoms with Crippen LogP contribution < -0.4 is 10.6 Å². The fourth-order valence-corrected chi connectivity index (χ4v) is 4.43. The number of aryl methyl sites for hydroxylation is 2. The summed E-state index contributed by atoms with van der Waals surface area (Å²) in [5.41, 5.74) is 2.55. The molecule has 0 amide bonds. The number of hydrogen-bond donors (Lipinski definition) is 2. The SMILES string of the molecule is CN=C(NCCc1nc(C)c(C)s1)NCCN1CCN(Cc2ccccc2)CC1.I. The van der Waals surface area contributed by atoms with Crippen LogP contribution in [0.4, 0.5) is 0 Å². The average Bonchev–Trinajstić information content (AvgIpc) is 3.06. The van der Waals surface area contributed by atoms with E-state index in [0.717, 1.165) is 70.4 Å². The fourth-order valence-electron chi connectivity index (χ4n) is 3.50. The minimum atomic E-state index is 0. The predicted octanol–water partition coefficient (Wildman–Crippen LogP) is 2.90. The molecule has 0 spiro atoms. The number of piperazine rings is 1. The van der Waals surface area contributed by atoms with E-state index in [4.69, 9.17) is 0 Å². The molecule has 1 aromatic heterocycles. The van der Waals surface area contributed by atoms with Crippen LogP contribution in [0.3, 0.4) is 0 Å². The highest BCUT2D eigenvalue weighted by molar-refractivity contribution is 14.0. The van der Waals surface area contributed by atoms with E-state index in [0.29, 0.717) is 0 Å². The molecule has 30 heavy (non-hydrogen) atoms. The maximum absolute atomic E-state index is 4.60. The van der Waals surface area contributed by atoms with Gasteiger partial charge in [-0.1, -0.05) is 30.3 Å². The number of hydrogen-bond acceptors (Lipinski definition) is 5. The summed E-state index contributed by atoms with van der Waals surface area (Å²) in [6.45, 7) is 12.6. The molecule has 166 valence electrons. The zero-order valence-corrected chi connectivity index (χ0v) is 21.5. The number of halogens is 1. The Bertz CT molecular complexity index is 752. The van der Waals surface area contributed by atoms with Gasteiger partial charge in [-0.3, -0.25) is 14.8 Å². The van der Waals surface area contributed by atoms with Crippen molar-refractivity contribution in [1.82, 2.24) is 25.4 Å². The normalized spacial score (nSPS) is 15.6. The first-order chi connectivity index (χ1) is 14.1. The minimum absolute atomic E-state index is 0. The largest absolute Gasteiger partial charge is 0.356 e. The van der Waals surface area contributed by atoms with Crippen molar-refractivity contribution in [2.24, 2.45) is 4.99 Å². The van der Waals surface area contributed by atoms with Crippen molar-refractivity contribution in [3.63, 3.8) is 0 Å². The van der Waals surface area contributed by atoms with Crippen molar-refractivity contribution in [3.05, 3.63) is 51.5 Å². The molecule has 2 aromatic rings. The van der Waals surface area contributed by atoms with E-state index >= 15 is 0 Å². The van der Waals surface area contributed by atoms with Gasteiger partial charge in [0.1, 0.15) is 0 Å². The zero-order chi connectivity index (χ0) is 20.5. The standard InChI is InChI=1S/C22H34N6S.HI/c1-18-19(2)29-21(26-18)9-10-24-22(23-3)25-11-12-27-13-15-28(16-14-27)17-20-7-5-4-6-8-20;/h4-8H,9-17H2,1-3H3,(H2,23,24,25);1H.